The zero-order chi connectivity index (χ0) is 13.6. The number of likely N-dealkylation sites (tertiary alicyclic amines) is 2. The van der Waals surface area contributed by atoms with E-state index >= 15 is 0 Å². The van der Waals surface area contributed by atoms with Crippen molar-refractivity contribution in [2.75, 3.05) is 19.6 Å². The number of hydrogen-bond acceptors (Lipinski definition) is 3. The van der Waals surface area contributed by atoms with Crippen molar-refractivity contribution in [1.82, 2.24) is 9.80 Å². The molecule has 3 aliphatic rings. The van der Waals surface area contributed by atoms with Crippen molar-refractivity contribution >= 4 is 0 Å². The van der Waals surface area contributed by atoms with E-state index in [0.29, 0.717) is 6.04 Å². The van der Waals surface area contributed by atoms with Crippen molar-refractivity contribution in [1.29, 1.82) is 0 Å². The monoisotopic (exact) mass is 265 g/mol. The molecule has 3 heteroatoms. The van der Waals surface area contributed by atoms with E-state index in [9.17, 15) is 0 Å². The van der Waals surface area contributed by atoms with Gasteiger partial charge in [0.2, 0.25) is 0 Å². The lowest BCUT2D eigenvalue weighted by atomic mass is 9.86. The van der Waals surface area contributed by atoms with Gasteiger partial charge in [0.1, 0.15) is 0 Å². The van der Waals surface area contributed by atoms with E-state index in [4.69, 9.17) is 5.73 Å². The van der Waals surface area contributed by atoms with Crippen LogP contribution in [-0.2, 0) is 0 Å². The smallest absolute Gasteiger partial charge is 0.0476 e. The SMILES string of the molecule is CC1CCC(C)N(C2(CN)CC(C)N(C3CC3)C2)C1. The van der Waals surface area contributed by atoms with Gasteiger partial charge in [-0.05, 0) is 51.9 Å². The van der Waals surface area contributed by atoms with E-state index in [0.717, 1.165) is 24.5 Å². The fourth-order valence-corrected chi connectivity index (χ4v) is 4.55. The van der Waals surface area contributed by atoms with Crippen LogP contribution in [0.5, 0.6) is 0 Å². The third-order valence-electron chi connectivity index (χ3n) is 5.84. The van der Waals surface area contributed by atoms with E-state index in [1.165, 1.54) is 45.2 Å². The molecule has 3 fully saturated rings. The molecule has 4 atom stereocenters. The molecule has 110 valence electrons. The van der Waals surface area contributed by atoms with Crippen LogP contribution in [0.3, 0.4) is 0 Å². The van der Waals surface area contributed by atoms with Gasteiger partial charge in [0.15, 0.2) is 0 Å². The molecule has 2 heterocycles. The van der Waals surface area contributed by atoms with E-state index in [1.54, 1.807) is 0 Å². The molecule has 2 saturated heterocycles. The van der Waals surface area contributed by atoms with Crippen LogP contribution < -0.4 is 5.73 Å². The quantitative estimate of drug-likeness (QED) is 0.848. The molecule has 2 aliphatic heterocycles. The third kappa shape index (κ3) is 2.45. The van der Waals surface area contributed by atoms with Crippen LogP contribution in [0.1, 0.15) is 52.9 Å². The highest BCUT2D eigenvalue weighted by molar-refractivity contribution is 5.08. The zero-order valence-corrected chi connectivity index (χ0v) is 12.9. The first-order chi connectivity index (χ1) is 9.05. The van der Waals surface area contributed by atoms with Crippen LogP contribution in [0, 0.1) is 5.92 Å². The summed E-state index contributed by atoms with van der Waals surface area (Å²) in [6.07, 6.45) is 6.84. The summed E-state index contributed by atoms with van der Waals surface area (Å²) in [7, 11) is 0. The van der Waals surface area contributed by atoms with Gasteiger partial charge in [-0.15, -0.1) is 0 Å². The summed E-state index contributed by atoms with van der Waals surface area (Å²) in [5, 5.41) is 0. The van der Waals surface area contributed by atoms with Crippen molar-refractivity contribution in [2.24, 2.45) is 11.7 Å². The zero-order valence-electron chi connectivity index (χ0n) is 12.9. The minimum Gasteiger partial charge on any atom is -0.329 e. The van der Waals surface area contributed by atoms with Crippen molar-refractivity contribution in [3.8, 4) is 0 Å². The first kappa shape index (κ1) is 13.8. The molecule has 19 heavy (non-hydrogen) atoms. The van der Waals surface area contributed by atoms with E-state index < -0.39 is 0 Å². The minimum atomic E-state index is 0.260. The molecule has 0 aromatic heterocycles. The lowest BCUT2D eigenvalue weighted by molar-refractivity contribution is 0.0149. The summed E-state index contributed by atoms with van der Waals surface area (Å²) >= 11 is 0. The lowest BCUT2D eigenvalue weighted by Crippen LogP contribution is -2.61. The largest absolute Gasteiger partial charge is 0.329 e. The van der Waals surface area contributed by atoms with Gasteiger partial charge in [-0.2, -0.15) is 0 Å². The van der Waals surface area contributed by atoms with Crippen LogP contribution >= 0.6 is 0 Å². The first-order valence-corrected chi connectivity index (χ1v) is 8.28. The number of piperidine rings is 1. The van der Waals surface area contributed by atoms with Gasteiger partial charge in [0, 0.05) is 43.3 Å². The summed E-state index contributed by atoms with van der Waals surface area (Å²) < 4.78 is 0. The van der Waals surface area contributed by atoms with Gasteiger partial charge in [0.25, 0.3) is 0 Å². The maximum Gasteiger partial charge on any atom is 0.0476 e. The Hall–Kier alpha value is -0.120. The second-order valence-electron chi connectivity index (χ2n) is 7.57. The van der Waals surface area contributed by atoms with Crippen LogP contribution in [0.4, 0.5) is 0 Å². The predicted octanol–water partition coefficient (Wildman–Crippen LogP) is 2.06. The Bertz CT molecular complexity index is 328. The van der Waals surface area contributed by atoms with Gasteiger partial charge in [-0.25, -0.2) is 0 Å². The molecule has 0 radical (unpaired) electrons. The van der Waals surface area contributed by atoms with E-state index in [2.05, 4.69) is 30.6 Å². The average molecular weight is 265 g/mol. The maximum absolute atomic E-state index is 6.28. The molecule has 0 bridgehead atoms. The molecule has 0 aromatic carbocycles. The summed E-state index contributed by atoms with van der Waals surface area (Å²) in [5.41, 5.74) is 6.54. The molecule has 0 aromatic rings. The van der Waals surface area contributed by atoms with Gasteiger partial charge in [0.05, 0.1) is 0 Å². The Morgan fingerprint density at radius 2 is 1.79 bits per heavy atom. The van der Waals surface area contributed by atoms with Crippen molar-refractivity contribution in [3.63, 3.8) is 0 Å². The maximum atomic E-state index is 6.28. The summed E-state index contributed by atoms with van der Waals surface area (Å²) in [6, 6.07) is 2.31. The summed E-state index contributed by atoms with van der Waals surface area (Å²) in [4.78, 5) is 5.53. The van der Waals surface area contributed by atoms with E-state index in [1.807, 2.05) is 0 Å². The highest BCUT2D eigenvalue weighted by Gasteiger charge is 2.50. The van der Waals surface area contributed by atoms with Crippen LogP contribution in [0.25, 0.3) is 0 Å². The second-order valence-corrected chi connectivity index (χ2v) is 7.57. The second kappa shape index (κ2) is 5.01. The molecule has 1 saturated carbocycles. The third-order valence-corrected chi connectivity index (χ3v) is 5.84. The summed E-state index contributed by atoms with van der Waals surface area (Å²) in [5.74, 6) is 0.838. The van der Waals surface area contributed by atoms with Crippen LogP contribution in [0.2, 0.25) is 0 Å². The molecule has 2 N–H and O–H groups in total. The molecule has 4 unspecified atom stereocenters. The minimum absolute atomic E-state index is 0.260. The average Bonchev–Trinajstić information content (AvgIpc) is 3.17. The molecule has 1 aliphatic carbocycles. The molecule has 0 amide bonds. The molecule has 3 nitrogen and oxygen atoms in total. The van der Waals surface area contributed by atoms with Crippen LogP contribution in [0.15, 0.2) is 0 Å². The highest BCUT2D eigenvalue weighted by Crippen LogP contribution is 2.41. The topological polar surface area (TPSA) is 32.5 Å². The predicted molar refractivity (Wildman–Crippen MR) is 80.2 cm³/mol. The molecular formula is C16H31N3. The standard InChI is InChI=1S/C16H31N3/c1-12-4-5-13(2)19(9-12)16(10-17)8-14(3)18(11-16)15-6-7-15/h12-15H,4-11,17H2,1-3H3. The Morgan fingerprint density at radius 1 is 1.05 bits per heavy atom. The first-order valence-electron chi connectivity index (χ1n) is 8.28. The molecule has 0 spiro atoms. The Labute approximate surface area is 118 Å². The van der Waals surface area contributed by atoms with E-state index in [-0.39, 0.29) is 5.54 Å². The molecule has 3 rings (SSSR count). The van der Waals surface area contributed by atoms with Gasteiger partial charge in [-0.3, -0.25) is 9.80 Å². The Morgan fingerprint density at radius 3 is 2.42 bits per heavy atom. The number of hydrogen-bond donors (Lipinski definition) is 1. The lowest BCUT2D eigenvalue weighted by Gasteiger charge is -2.48. The van der Waals surface area contributed by atoms with Crippen LogP contribution in [-0.4, -0.2) is 53.1 Å². The fourth-order valence-electron chi connectivity index (χ4n) is 4.55. The Kier molecular flexibility index (Phi) is 3.65. The fraction of sp³-hybridized carbons (Fsp3) is 1.00. The van der Waals surface area contributed by atoms with Crippen molar-refractivity contribution in [3.05, 3.63) is 0 Å². The van der Waals surface area contributed by atoms with Crippen molar-refractivity contribution < 1.29 is 0 Å². The number of rotatable bonds is 3. The van der Waals surface area contributed by atoms with Gasteiger partial charge < -0.3 is 5.73 Å². The Balaban J connectivity index is 1.78. The van der Waals surface area contributed by atoms with Gasteiger partial charge >= 0.3 is 0 Å². The highest BCUT2D eigenvalue weighted by atomic mass is 15.3. The number of nitrogens with two attached hydrogens (primary N) is 1. The molecular weight excluding hydrogens is 234 g/mol. The summed E-state index contributed by atoms with van der Waals surface area (Å²) in [6.45, 7) is 10.5. The van der Waals surface area contributed by atoms with Gasteiger partial charge in [-0.1, -0.05) is 6.92 Å². The normalized spacial score (nSPS) is 45.8. The number of nitrogens with zero attached hydrogens (tertiary/aromatic N) is 2. The van der Waals surface area contributed by atoms with Crippen molar-refractivity contribution in [2.45, 2.75) is 76.5 Å².